The van der Waals surface area contributed by atoms with Gasteiger partial charge in [0.15, 0.2) is 0 Å². The molecule has 1 aromatic heterocycles. The molecule has 4 heteroatoms. The molecule has 1 saturated carbocycles. The van der Waals surface area contributed by atoms with Gasteiger partial charge in [0.05, 0.1) is 12.8 Å². The van der Waals surface area contributed by atoms with Crippen LogP contribution in [0, 0.1) is 13.8 Å². The largest absolute Gasteiger partial charge is 0.496 e. The van der Waals surface area contributed by atoms with Crippen molar-refractivity contribution in [2.45, 2.75) is 45.7 Å². The van der Waals surface area contributed by atoms with Crippen LogP contribution in [0.25, 0.3) is 0 Å². The van der Waals surface area contributed by atoms with E-state index >= 15 is 0 Å². The maximum Gasteiger partial charge on any atom is 0.128 e. The number of hydrogen-bond donors (Lipinski definition) is 1. The fraction of sp³-hybridized carbons (Fsp3) is 0.667. The second-order valence-electron chi connectivity index (χ2n) is 5.39. The molecule has 0 aliphatic heterocycles. The van der Waals surface area contributed by atoms with Gasteiger partial charge in [-0.1, -0.05) is 0 Å². The van der Waals surface area contributed by atoms with Crippen LogP contribution in [0.1, 0.15) is 36.1 Å². The van der Waals surface area contributed by atoms with E-state index in [0.717, 1.165) is 49.1 Å². The van der Waals surface area contributed by atoms with E-state index in [-0.39, 0.29) is 0 Å². The van der Waals surface area contributed by atoms with E-state index in [0.29, 0.717) is 0 Å². The molecule has 2 rings (SSSR count). The molecular weight excluding hydrogens is 238 g/mol. The Hall–Kier alpha value is -1.13. The van der Waals surface area contributed by atoms with Crippen LogP contribution >= 0.6 is 0 Å². The topological polar surface area (TPSA) is 51.4 Å². The zero-order chi connectivity index (χ0) is 13.8. The minimum atomic E-state index is 0.736. The third-order valence-electron chi connectivity index (χ3n) is 3.82. The molecule has 1 aliphatic rings. The minimum Gasteiger partial charge on any atom is -0.496 e. The second kappa shape index (κ2) is 6.35. The highest BCUT2D eigenvalue weighted by Gasteiger charge is 2.29. The van der Waals surface area contributed by atoms with Gasteiger partial charge in [-0.15, -0.1) is 0 Å². The zero-order valence-electron chi connectivity index (χ0n) is 12.3. The van der Waals surface area contributed by atoms with Crippen LogP contribution in [-0.4, -0.2) is 36.1 Å². The van der Waals surface area contributed by atoms with Crippen LogP contribution < -0.4 is 10.5 Å². The number of nitrogens with two attached hydrogens (primary N) is 1. The van der Waals surface area contributed by atoms with E-state index in [1.165, 1.54) is 18.4 Å². The SMILES string of the molecule is COc1c(C)cnc(CN(CCCN)C2CC2)c1C. The van der Waals surface area contributed by atoms with Crippen LogP contribution in [-0.2, 0) is 6.54 Å². The molecule has 106 valence electrons. The minimum absolute atomic E-state index is 0.736. The first kappa shape index (κ1) is 14.3. The fourth-order valence-electron chi connectivity index (χ4n) is 2.55. The highest BCUT2D eigenvalue weighted by atomic mass is 16.5. The maximum atomic E-state index is 5.62. The summed E-state index contributed by atoms with van der Waals surface area (Å²) in [6.45, 7) is 6.87. The van der Waals surface area contributed by atoms with Gasteiger partial charge < -0.3 is 10.5 Å². The van der Waals surface area contributed by atoms with Gasteiger partial charge in [0.2, 0.25) is 0 Å². The summed E-state index contributed by atoms with van der Waals surface area (Å²) >= 11 is 0. The first-order valence-electron chi connectivity index (χ1n) is 7.10. The van der Waals surface area contributed by atoms with Crippen LogP contribution in [0.2, 0.25) is 0 Å². The van der Waals surface area contributed by atoms with Crippen molar-refractivity contribution in [2.24, 2.45) is 5.73 Å². The average Bonchev–Trinajstić information content (AvgIpc) is 3.22. The Kier molecular flexibility index (Phi) is 4.77. The van der Waals surface area contributed by atoms with Crippen molar-refractivity contribution in [1.29, 1.82) is 0 Å². The molecule has 1 fully saturated rings. The Balaban J connectivity index is 2.12. The van der Waals surface area contributed by atoms with Gasteiger partial charge in [-0.3, -0.25) is 9.88 Å². The van der Waals surface area contributed by atoms with E-state index in [2.05, 4.69) is 16.8 Å². The van der Waals surface area contributed by atoms with Gasteiger partial charge in [-0.2, -0.15) is 0 Å². The summed E-state index contributed by atoms with van der Waals surface area (Å²) in [5.74, 6) is 0.972. The summed E-state index contributed by atoms with van der Waals surface area (Å²) in [6.07, 6.45) is 5.59. The zero-order valence-corrected chi connectivity index (χ0v) is 12.3. The van der Waals surface area contributed by atoms with Gasteiger partial charge >= 0.3 is 0 Å². The summed E-state index contributed by atoms with van der Waals surface area (Å²) in [7, 11) is 1.73. The van der Waals surface area contributed by atoms with Crippen molar-refractivity contribution in [3.8, 4) is 5.75 Å². The lowest BCUT2D eigenvalue weighted by Gasteiger charge is -2.23. The predicted octanol–water partition coefficient (Wildman–Crippen LogP) is 2.02. The molecule has 0 atom stereocenters. The van der Waals surface area contributed by atoms with E-state index < -0.39 is 0 Å². The number of pyridine rings is 1. The van der Waals surface area contributed by atoms with E-state index in [1.54, 1.807) is 7.11 Å². The second-order valence-corrected chi connectivity index (χ2v) is 5.39. The normalized spacial score (nSPS) is 15.0. The van der Waals surface area contributed by atoms with Crippen LogP contribution in [0.4, 0.5) is 0 Å². The van der Waals surface area contributed by atoms with E-state index in [1.807, 2.05) is 13.1 Å². The Bertz CT molecular complexity index is 430. The van der Waals surface area contributed by atoms with Crippen molar-refractivity contribution in [1.82, 2.24) is 9.88 Å². The summed E-state index contributed by atoms with van der Waals surface area (Å²) < 4.78 is 5.48. The number of hydrogen-bond acceptors (Lipinski definition) is 4. The first-order chi connectivity index (χ1) is 9.17. The van der Waals surface area contributed by atoms with Gasteiger partial charge in [-0.05, 0) is 39.7 Å². The number of aryl methyl sites for hydroxylation is 1. The van der Waals surface area contributed by atoms with Crippen molar-refractivity contribution in [3.05, 3.63) is 23.0 Å². The van der Waals surface area contributed by atoms with Gasteiger partial charge in [-0.25, -0.2) is 0 Å². The number of nitrogens with zero attached hydrogens (tertiary/aromatic N) is 2. The highest BCUT2D eigenvalue weighted by molar-refractivity contribution is 5.41. The summed E-state index contributed by atoms with van der Waals surface area (Å²) in [5.41, 5.74) is 9.02. The summed E-state index contributed by atoms with van der Waals surface area (Å²) in [6, 6.07) is 0.736. The molecule has 4 nitrogen and oxygen atoms in total. The highest BCUT2D eigenvalue weighted by Crippen LogP contribution is 2.30. The van der Waals surface area contributed by atoms with E-state index in [4.69, 9.17) is 10.5 Å². The lowest BCUT2D eigenvalue weighted by atomic mass is 10.1. The van der Waals surface area contributed by atoms with Crippen molar-refractivity contribution in [2.75, 3.05) is 20.2 Å². The standard InChI is InChI=1S/C15H25N3O/c1-11-9-17-14(12(2)15(11)19-3)10-18(8-4-7-16)13-5-6-13/h9,13H,4-8,10,16H2,1-3H3. The van der Waals surface area contributed by atoms with Crippen LogP contribution in [0.5, 0.6) is 5.75 Å². The molecule has 0 unspecified atom stereocenters. The van der Waals surface area contributed by atoms with E-state index in [9.17, 15) is 0 Å². The number of ether oxygens (including phenoxy) is 1. The first-order valence-corrected chi connectivity index (χ1v) is 7.10. The third kappa shape index (κ3) is 3.45. The number of rotatable bonds is 7. The molecule has 0 amide bonds. The molecule has 1 aromatic rings. The van der Waals surface area contributed by atoms with Crippen LogP contribution in [0.15, 0.2) is 6.20 Å². The number of methoxy groups -OCH3 is 1. The molecule has 2 N–H and O–H groups in total. The summed E-state index contributed by atoms with van der Waals surface area (Å²) in [5, 5.41) is 0. The number of aromatic nitrogens is 1. The summed E-state index contributed by atoms with van der Waals surface area (Å²) in [4.78, 5) is 7.10. The molecule has 0 bridgehead atoms. The molecule has 1 heterocycles. The Morgan fingerprint density at radius 1 is 1.42 bits per heavy atom. The van der Waals surface area contributed by atoms with Crippen molar-refractivity contribution in [3.63, 3.8) is 0 Å². The smallest absolute Gasteiger partial charge is 0.128 e. The molecule has 19 heavy (non-hydrogen) atoms. The maximum absolute atomic E-state index is 5.62. The molecule has 0 radical (unpaired) electrons. The molecule has 0 saturated heterocycles. The monoisotopic (exact) mass is 263 g/mol. The van der Waals surface area contributed by atoms with Gasteiger partial charge in [0, 0.05) is 36.5 Å². The average molecular weight is 263 g/mol. The van der Waals surface area contributed by atoms with Gasteiger partial charge in [0.1, 0.15) is 5.75 Å². The van der Waals surface area contributed by atoms with Gasteiger partial charge in [0.25, 0.3) is 0 Å². The lowest BCUT2D eigenvalue weighted by Crippen LogP contribution is -2.29. The van der Waals surface area contributed by atoms with Crippen molar-refractivity contribution >= 4 is 0 Å². The lowest BCUT2D eigenvalue weighted by molar-refractivity contribution is 0.249. The third-order valence-corrected chi connectivity index (χ3v) is 3.82. The molecule has 0 spiro atoms. The Labute approximate surface area is 116 Å². The van der Waals surface area contributed by atoms with Crippen molar-refractivity contribution < 1.29 is 4.74 Å². The Morgan fingerprint density at radius 3 is 2.74 bits per heavy atom. The Morgan fingerprint density at radius 2 is 2.16 bits per heavy atom. The molecular formula is C15H25N3O. The quantitative estimate of drug-likeness (QED) is 0.817. The molecule has 0 aromatic carbocycles. The van der Waals surface area contributed by atoms with Crippen LogP contribution in [0.3, 0.4) is 0 Å². The predicted molar refractivity (Wildman–Crippen MR) is 77.4 cm³/mol. The molecule has 1 aliphatic carbocycles. The fourth-order valence-corrected chi connectivity index (χ4v) is 2.55.